The number of rotatable bonds is 8. The SMILES string of the molecule is CC(C)C[C@H](N)[C@](O)(Cc1cc(O[C@@H]2C3[C@@H](C)C(C)(C)[C@@H]3[C@@H]2C)ccn1)C(=O)O. The number of aliphatic carboxylic acids is 1. The van der Waals surface area contributed by atoms with Crippen molar-refractivity contribution in [2.24, 2.45) is 40.7 Å². The first-order valence-corrected chi connectivity index (χ1v) is 10.7. The predicted octanol–water partition coefficient (Wildman–Crippen LogP) is 3.12. The highest BCUT2D eigenvalue weighted by atomic mass is 16.5. The summed E-state index contributed by atoms with van der Waals surface area (Å²) < 4.78 is 6.30. The van der Waals surface area contributed by atoms with Crippen LogP contribution < -0.4 is 10.5 Å². The quantitative estimate of drug-likeness (QED) is 0.615. The summed E-state index contributed by atoms with van der Waals surface area (Å²) in [5.41, 5.74) is 4.83. The number of carboxylic acid groups (broad SMARTS) is 1. The van der Waals surface area contributed by atoms with Crippen LogP contribution in [0.4, 0.5) is 0 Å². The maximum absolute atomic E-state index is 11.8. The summed E-state index contributed by atoms with van der Waals surface area (Å²) >= 11 is 0. The van der Waals surface area contributed by atoms with Gasteiger partial charge in [-0.1, -0.05) is 41.5 Å². The third-order valence-corrected chi connectivity index (χ3v) is 7.71. The smallest absolute Gasteiger partial charge is 0.337 e. The maximum Gasteiger partial charge on any atom is 0.337 e. The molecule has 4 N–H and O–H groups in total. The van der Waals surface area contributed by atoms with Crippen LogP contribution in [0.25, 0.3) is 0 Å². The number of pyridine rings is 1. The Hall–Kier alpha value is -1.66. The van der Waals surface area contributed by atoms with Gasteiger partial charge >= 0.3 is 5.97 Å². The van der Waals surface area contributed by atoms with Crippen LogP contribution in [0.15, 0.2) is 18.3 Å². The summed E-state index contributed by atoms with van der Waals surface area (Å²) in [6, 6.07) is 2.66. The Morgan fingerprint density at radius 3 is 2.62 bits per heavy atom. The van der Waals surface area contributed by atoms with E-state index < -0.39 is 17.6 Å². The highest BCUT2D eigenvalue weighted by Crippen LogP contribution is 2.68. The van der Waals surface area contributed by atoms with Gasteiger partial charge in [0.2, 0.25) is 0 Å². The van der Waals surface area contributed by atoms with E-state index in [0.29, 0.717) is 47.0 Å². The van der Waals surface area contributed by atoms with Gasteiger partial charge in [0.25, 0.3) is 0 Å². The third kappa shape index (κ3) is 3.66. The van der Waals surface area contributed by atoms with Gasteiger partial charge in [0, 0.05) is 36.3 Å². The van der Waals surface area contributed by atoms with Crippen LogP contribution in [0.1, 0.15) is 53.7 Å². The zero-order valence-electron chi connectivity index (χ0n) is 18.4. The monoisotopic (exact) mass is 404 g/mol. The Labute approximate surface area is 173 Å². The molecule has 0 spiro atoms. The molecule has 0 amide bonds. The van der Waals surface area contributed by atoms with Gasteiger partial charge in [0.1, 0.15) is 11.9 Å². The van der Waals surface area contributed by atoms with Crippen LogP contribution in [-0.4, -0.2) is 38.9 Å². The topological polar surface area (TPSA) is 106 Å². The minimum atomic E-state index is -2.06. The second-order valence-corrected chi connectivity index (χ2v) is 10.3. The Balaban J connectivity index is 1.72. The fourth-order valence-electron chi connectivity index (χ4n) is 5.73. The van der Waals surface area contributed by atoms with Gasteiger partial charge < -0.3 is 20.7 Å². The molecular weight excluding hydrogens is 368 g/mol. The Morgan fingerprint density at radius 1 is 1.38 bits per heavy atom. The molecule has 6 nitrogen and oxygen atoms in total. The molecule has 0 aromatic carbocycles. The van der Waals surface area contributed by atoms with Crippen molar-refractivity contribution in [2.45, 2.75) is 72.1 Å². The van der Waals surface area contributed by atoms with Gasteiger partial charge in [-0.05, 0) is 41.6 Å². The van der Waals surface area contributed by atoms with E-state index in [9.17, 15) is 15.0 Å². The van der Waals surface area contributed by atoms with Gasteiger partial charge in [0.15, 0.2) is 5.60 Å². The minimum absolute atomic E-state index is 0.150. The lowest BCUT2D eigenvalue weighted by atomic mass is 9.36. The molecule has 162 valence electrons. The fourth-order valence-corrected chi connectivity index (χ4v) is 5.73. The van der Waals surface area contributed by atoms with E-state index in [1.165, 1.54) is 0 Å². The lowest BCUT2D eigenvalue weighted by Gasteiger charge is -2.70. The molecule has 2 saturated carbocycles. The van der Waals surface area contributed by atoms with Gasteiger partial charge in [-0.3, -0.25) is 4.98 Å². The first kappa shape index (κ1) is 22.0. The molecule has 1 aromatic rings. The number of nitrogens with two attached hydrogens (primary N) is 1. The molecule has 2 aliphatic rings. The van der Waals surface area contributed by atoms with E-state index in [4.69, 9.17) is 10.5 Å². The molecule has 29 heavy (non-hydrogen) atoms. The summed E-state index contributed by atoms with van der Waals surface area (Å²) in [6.45, 7) is 13.1. The molecule has 0 saturated heterocycles. The van der Waals surface area contributed by atoms with Crippen molar-refractivity contribution < 1.29 is 19.7 Å². The number of aliphatic hydroxyl groups is 1. The van der Waals surface area contributed by atoms with Crippen molar-refractivity contribution in [3.05, 3.63) is 24.0 Å². The first-order chi connectivity index (χ1) is 13.4. The lowest BCUT2D eigenvalue weighted by molar-refractivity contribution is -0.257. The number of ether oxygens (including phenoxy) is 1. The number of carbonyl (C=O) groups is 1. The number of nitrogens with zero attached hydrogens (tertiary/aromatic N) is 1. The van der Waals surface area contributed by atoms with Crippen molar-refractivity contribution in [1.82, 2.24) is 4.98 Å². The largest absolute Gasteiger partial charge is 0.490 e. The van der Waals surface area contributed by atoms with E-state index in [1.54, 1.807) is 18.3 Å². The molecule has 6 heteroatoms. The van der Waals surface area contributed by atoms with Crippen molar-refractivity contribution in [3.8, 4) is 5.75 Å². The molecule has 2 aliphatic carbocycles. The van der Waals surface area contributed by atoms with Gasteiger partial charge in [-0.2, -0.15) is 0 Å². The highest BCUT2D eigenvalue weighted by Gasteiger charge is 2.68. The molecule has 1 aromatic heterocycles. The Kier molecular flexibility index (Phi) is 5.73. The maximum atomic E-state index is 11.8. The van der Waals surface area contributed by atoms with E-state index in [2.05, 4.69) is 32.7 Å². The van der Waals surface area contributed by atoms with Crippen LogP contribution in [0.2, 0.25) is 0 Å². The van der Waals surface area contributed by atoms with E-state index >= 15 is 0 Å². The zero-order chi connectivity index (χ0) is 21.7. The normalized spacial score (nSPS) is 33.1. The number of hydrogen-bond donors (Lipinski definition) is 3. The Bertz CT molecular complexity index is 765. The second-order valence-electron chi connectivity index (χ2n) is 10.3. The van der Waals surface area contributed by atoms with Crippen molar-refractivity contribution in [2.75, 3.05) is 0 Å². The molecule has 3 rings (SSSR count). The molecular formula is C23H36N2O4. The summed E-state index contributed by atoms with van der Waals surface area (Å²) in [6.07, 6.45) is 2.04. The summed E-state index contributed by atoms with van der Waals surface area (Å²) in [5.74, 6) is 1.88. The van der Waals surface area contributed by atoms with E-state index in [1.807, 2.05) is 13.8 Å². The summed E-state index contributed by atoms with van der Waals surface area (Å²) in [4.78, 5) is 16.1. The molecule has 0 bridgehead atoms. The average molecular weight is 405 g/mol. The average Bonchev–Trinajstić information content (AvgIpc) is 2.62. The second kappa shape index (κ2) is 7.55. The highest BCUT2D eigenvalue weighted by molar-refractivity contribution is 5.78. The molecule has 0 radical (unpaired) electrons. The van der Waals surface area contributed by atoms with Crippen LogP contribution in [-0.2, 0) is 11.2 Å². The van der Waals surface area contributed by atoms with Crippen LogP contribution in [0, 0.1) is 35.0 Å². The molecule has 0 aliphatic heterocycles. The molecule has 2 fully saturated rings. The van der Waals surface area contributed by atoms with Crippen LogP contribution >= 0.6 is 0 Å². The van der Waals surface area contributed by atoms with Crippen LogP contribution in [0.5, 0.6) is 5.75 Å². The summed E-state index contributed by atoms with van der Waals surface area (Å²) in [7, 11) is 0. The summed E-state index contributed by atoms with van der Waals surface area (Å²) in [5, 5.41) is 20.4. The van der Waals surface area contributed by atoms with Gasteiger partial charge in [-0.25, -0.2) is 4.79 Å². The third-order valence-electron chi connectivity index (χ3n) is 7.71. The van der Waals surface area contributed by atoms with E-state index in [0.717, 1.165) is 0 Å². The number of hydrogen-bond acceptors (Lipinski definition) is 5. The van der Waals surface area contributed by atoms with Crippen molar-refractivity contribution in [1.29, 1.82) is 0 Å². The predicted molar refractivity (Wildman–Crippen MR) is 111 cm³/mol. The molecule has 7 atom stereocenters. The fraction of sp³-hybridized carbons (Fsp3) is 0.739. The van der Waals surface area contributed by atoms with Crippen molar-refractivity contribution >= 4 is 5.97 Å². The lowest BCUT2D eigenvalue weighted by Crippen LogP contribution is -2.71. The molecule has 1 heterocycles. The number of carboxylic acids is 1. The Morgan fingerprint density at radius 2 is 2.03 bits per heavy atom. The first-order valence-electron chi connectivity index (χ1n) is 10.7. The molecule has 1 unspecified atom stereocenters. The standard InChI is InChI=1S/C23H36N2O4/c1-12(2)9-17(24)23(28,21(26)27)11-15-10-16(7-8-25-15)29-20-13(3)19-18(20)14(4)22(19,5)6/h7-8,10,12-14,17-20,28H,9,11,24H2,1-6H3,(H,26,27)/t13-,14+,17-,18?,19+,20-,23+/m0/s1. The van der Waals surface area contributed by atoms with Gasteiger partial charge in [0.05, 0.1) is 0 Å². The van der Waals surface area contributed by atoms with Crippen LogP contribution in [0.3, 0.4) is 0 Å². The van der Waals surface area contributed by atoms with Gasteiger partial charge in [-0.15, -0.1) is 0 Å². The number of fused-ring (bicyclic) bond motifs is 1. The van der Waals surface area contributed by atoms with E-state index in [-0.39, 0.29) is 18.4 Å². The zero-order valence-corrected chi connectivity index (χ0v) is 18.4. The number of aromatic nitrogens is 1. The minimum Gasteiger partial charge on any atom is -0.490 e. The van der Waals surface area contributed by atoms with Crippen molar-refractivity contribution in [3.63, 3.8) is 0 Å².